The average molecular weight is 352 g/mol. The number of hydrogen-bond acceptors (Lipinski definition) is 4. The van der Waals surface area contributed by atoms with E-state index in [4.69, 9.17) is 16.3 Å². The van der Waals surface area contributed by atoms with Crippen LogP contribution >= 0.6 is 11.6 Å². The molecule has 0 aliphatic rings. The number of anilines is 1. The second kappa shape index (κ2) is 6.07. The van der Waals surface area contributed by atoms with E-state index in [1.807, 2.05) is 0 Å². The fourth-order valence-corrected chi connectivity index (χ4v) is 2.23. The third-order valence-corrected chi connectivity index (χ3v) is 3.23. The molecule has 5 nitrogen and oxygen atoms in total. The number of nitrogens with one attached hydrogen (secondary N) is 1. The number of benzene rings is 1. The lowest BCUT2D eigenvalue weighted by Crippen LogP contribution is -2.25. The predicted molar refractivity (Wildman–Crippen MR) is 75.9 cm³/mol. The molecule has 0 aliphatic carbocycles. The van der Waals surface area contributed by atoms with Crippen LogP contribution in [0.4, 0.5) is 23.2 Å². The van der Waals surface area contributed by atoms with E-state index in [0.29, 0.717) is 16.9 Å². The van der Waals surface area contributed by atoms with Crippen molar-refractivity contribution >= 4 is 17.3 Å². The Labute approximate surface area is 132 Å². The van der Waals surface area contributed by atoms with Gasteiger partial charge in [0.1, 0.15) is 11.4 Å². The summed E-state index contributed by atoms with van der Waals surface area (Å²) in [4.78, 5) is 11.9. The number of halogens is 5. The first-order valence-corrected chi connectivity index (χ1v) is 6.49. The molecule has 0 spiro atoms. The second-order valence-corrected chi connectivity index (χ2v) is 4.75. The molecule has 0 saturated heterocycles. The van der Waals surface area contributed by atoms with Crippen LogP contribution in [0, 0.1) is 5.82 Å². The number of alkyl halides is 3. The summed E-state index contributed by atoms with van der Waals surface area (Å²) in [5, 5.41) is 5.92. The Bertz CT molecular complexity index is 805. The quantitative estimate of drug-likeness (QED) is 0.863. The number of aromatic nitrogens is 2. The molecular formula is C13H10ClF4N3O2. The number of hydrogen-bond donors (Lipinski definition) is 1. The van der Waals surface area contributed by atoms with Crippen molar-refractivity contribution in [2.24, 2.45) is 0 Å². The highest BCUT2D eigenvalue weighted by Gasteiger charge is 2.32. The minimum atomic E-state index is -4.73. The molecule has 23 heavy (non-hydrogen) atoms. The number of methoxy groups -OCH3 is 1. The van der Waals surface area contributed by atoms with Crippen molar-refractivity contribution in [3.05, 3.63) is 45.1 Å². The van der Waals surface area contributed by atoms with E-state index in [0.717, 1.165) is 6.07 Å². The van der Waals surface area contributed by atoms with Crippen LogP contribution in [0.5, 0.6) is 5.75 Å². The summed E-state index contributed by atoms with van der Waals surface area (Å²) < 4.78 is 57.5. The normalized spacial score (nSPS) is 11.4. The van der Waals surface area contributed by atoms with Crippen LogP contribution in [0.25, 0.3) is 5.69 Å². The van der Waals surface area contributed by atoms with E-state index in [2.05, 4.69) is 10.4 Å². The molecule has 2 rings (SSSR count). The Balaban J connectivity index is 2.75. The van der Waals surface area contributed by atoms with Crippen molar-refractivity contribution in [3.8, 4) is 11.4 Å². The highest BCUT2D eigenvalue weighted by atomic mass is 35.5. The number of ether oxygens (including phenoxy) is 1. The van der Waals surface area contributed by atoms with Gasteiger partial charge in [-0.3, -0.25) is 4.79 Å². The van der Waals surface area contributed by atoms with Gasteiger partial charge in [0.25, 0.3) is 5.56 Å². The van der Waals surface area contributed by atoms with Crippen molar-refractivity contribution in [2.75, 3.05) is 19.5 Å². The molecular weight excluding hydrogens is 342 g/mol. The van der Waals surface area contributed by atoms with Gasteiger partial charge in [-0.2, -0.15) is 23.0 Å². The first kappa shape index (κ1) is 17.1. The third-order valence-electron chi connectivity index (χ3n) is 2.95. The molecule has 1 aromatic carbocycles. The fraction of sp³-hybridized carbons (Fsp3) is 0.231. The maximum atomic E-state index is 14.2. The highest BCUT2D eigenvalue weighted by Crippen LogP contribution is 2.39. The topological polar surface area (TPSA) is 56.1 Å². The van der Waals surface area contributed by atoms with E-state index in [1.165, 1.54) is 14.2 Å². The molecule has 1 aromatic heterocycles. The monoisotopic (exact) mass is 351 g/mol. The largest absolute Gasteiger partial charge is 0.493 e. The summed E-state index contributed by atoms with van der Waals surface area (Å²) in [5.74, 6) is -0.923. The summed E-state index contributed by atoms with van der Waals surface area (Å²) in [6, 6.07) is 1.20. The van der Waals surface area contributed by atoms with E-state index in [9.17, 15) is 22.4 Å². The van der Waals surface area contributed by atoms with Gasteiger partial charge >= 0.3 is 6.18 Å². The van der Waals surface area contributed by atoms with Crippen LogP contribution in [-0.4, -0.2) is 23.9 Å². The van der Waals surface area contributed by atoms with Gasteiger partial charge in [0.05, 0.1) is 23.9 Å². The summed E-state index contributed by atoms with van der Waals surface area (Å²) in [6.07, 6.45) is -4.30. The van der Waals surface area contributed by atoms with E-state index in [-0.39, 0.29) is 16.5 Å². The van der Waals surface area contributed by atoms with Crippen LogP contribution < -0.4 is 15.6 Å². The van der Waals surface area contributed by atoms with Crippen LogP contribution in [0.1, 0.15) is 5.56 Å². The van der Waals surface area contributed by atoms with Crippen LogP contribution in [0.15, 0.2) is 23.1 Å². The Hall–Kier alpha value is -2.29. The second-order valence-electron chi connectivity index (χ2n) is 4.34. The predicted octanol–water partition coefficient (Wildman–Crippen LogP) is 3.09. The Morgan fingerprint density at radius 3 is 2.48 bits per heavy atom. The molecule has 0 amide bonds. The van der Waals surface area contributed by atoms with Gasteiger partial charge in [-0.05, 0) is 6.07 Å². The molecule has 2 aromatic rings. The SMILES string of the molecule is CNc1c(OC)c(Cl)cc(F)c1-n1ncc(C(F)(F)F)cc1=O. The molecule has 0 atom stereocenters. The summed E-state index contributed by atoms with van der Waals surface area (Å²) in [7, 11) is 2.68. The average Bonchev–Trinajstić information content (AvgIpc) is 2.46. The maximum Gasteiger partial charge on any atom is 0.418 e. The third kappa shape index (κ3) is 3.09. The Morgan fingerprint density at radius 2 is 2.00 bits per heavy atom. The summed E-state index contributed by atoms with van der Waals surface area (Å²) in [5.41, 5.74) is -2.80. The molecule has 0 bridgehead atoms. The van der Waals surface area contributed by atoms with Gasteiger partial charge in [-0.1, -0.05) is 11.6 Å². The first-order valence-electron chi connectivity index (χ1n) is 6.11. The lowest BCUT2D eigenvalue weighted by molar-refractivity contribution is -0.138. The molecule has 1 heterocycles. The molecule has 0 aliphatic heterocycles. The zero-order valence-electron chi connectivity index (χ0n) is 11.8. The van der Waals surface area contributed by atoms with Crippen molar-refractivity contribution in [3.63, 3.8) is 0 Å². The van der Waals surface area contributed by atoms with Gasteiger partial charge in [0.15, 0.2) is 11.6 Å². The number of rotatable bonds is 3. The Morgan fingerprint density at radius 1 is 1.35 bits per heavy atom. The zero-order valence-corrected chi connectivity index (χ0v) is 12.6. The van der Waals surface area contributed by atoms with Gasteiger partial charge in [-0.15, -0.1) is 0 Å². The maximum absolute atomic E-state index is 14.2. The van der Waals surface area contributed by atoms with Crippen molar-refractivity contribution in [1.29, 1.82) is 0 Å². The minimum absolute atomic E-state index is 0.0214. The van der Waals surface area contributed by atoms with Gasteiger partial charge < -0.3 is 10.1 Å². The highest BCUT2D eigenvalue weighted by molar-refractivity contribution is 6.32. The number of nitrogens with zero attached hydrogens (tertiary/aromatic N) is 2. The standard InChI is InChI=1S/C13H10ClF4N3O2/c1-19-10-11(8(15)4-7(14)12(10)23-2)21-9(22)3-6(5-20-21)13(16,17)18/h3-5,19H,1-2H3. The molecule has 124 valence electrons. The minimum Gasteiger partial charge on any atom is -0.493 e. The molecule has 10 heteroatoms. The van der Waals surface area contributed by atoms with Crippen molar-refractivity contribution < 1.29 is 22.3 Å². The molecule has 0 radical (unpaired) electrons. The van der Waals surface area contributed by atoms with Crippen molar-refractivity contribution in [1.82, 2.24) is 9.78 Å². The zero-order chi connectivity index (χ0) is 17.4. The van der Waals surface area contributed by atoms with Gasteiger partial charge in [-0.25, -0.2) is 4.39 Å². The van der Waals surface area contributed by atoms with E-state index >= 15 is 0 Å². The fourth-order valence-electron chi connectivity index (χ4n) is 1.96. The van der Waals surface area contributed by atoms with Crippen LogP contribution in [0.3, 0.4) is 0 Å². The lowest BCUT2D eigenvalue weighted by Gasteiger charge is -2.16. The van der Waals surface area contributed by atoms with E-state index in [1.54, 1.807) is 0 Å². The molecule has 0 saturated carbocycles. The van der Waals surface area contributed by atoms with Gasteiger partial charge in [0.2, 0.25) is 0 Å². The van der Waals surface area contributed by atoms with Crippen LogP contribution in [-0.2, 0) is 6.18 Å². The molecule has 0 unspecified atom stereocenters. The lowest BCUT2D eigenvalue weighted by atomic mass is 10.2. The Kier molecular flexibility index (Phi) is 4.51. The molecule has 0 fully saturated rings. The smallest absolute Gasteiger partial charge is 0.418 e. The summed E-state index contributed by atoms with van der Waals surface area (Å²) >= 11 is 5.84. The van der Waals surface area contributed by atoms with E-state index < -0.39 is 28.8 Å². The van der Waals surface area contributed by atoms with Gasteiger partial charge in [0, 0.05) is 13.1 Å². The molecule has 1 N–H and O–H groups in total. The first-order chi connectivity index (χ1) is 10.7. The summed E-state index contributed by atoms with van der Waals surface area (Å²) in [6.45, 7) is 0. The van der Waals surface area contributed by atoms with Crippen molar-refractivity contribution in [2.45, 2.75) is 6.18 Å². The van der Waals surface area contributed by atoms with Crippen LogP contribution in [0.2, 0.25) is 5.02 Å².